The molecule has 30 heavy (non-hydrogen) atoms. The summed E-state index contributed by atoms with van der Waals surface area (Å²) in [5.74, 6) is -0.0411. The fourth-order valence-electron chi connectivity index (χ4n) is 2.96. The standard InChI is InChI=1S/C21H21N3O5S/c1-28-19-13-15(7-8-16(19)14-24-12-4-11-22-24)21(25)23-30(26,27)20-6-3-2-5-18(20)29-17-9-10-17/h2-8,11-13,17H,9-10,14H2,1H3,(H,23,25). The number of carbonyl (C=O) groups is 1. The van der Waals surface area contributed by atoms with Crippen LogP contribution in [0, 0.1) is 0 Å². The Hall–Kier alpha value is -3.33. The summed E-state index contributed by atoms with van der Waals surface area (Å²) in [6, 6.07) is 12.9. The highest BCUT2D eigenvalue weighted by Crippen LogP contribution is 2.31. The van der Waals surface area contributed by atoms with E-state index >= 15 is 0 Å². The van der Waals surface area contributed by atoms with Gasteiger partial charge in [-0.2, -0.15) is 5.10 Å². The molecule has 3 aromatic rings. The molecule has 1 amide bonds. The van der Waals surface area contributed by atoms with Crippen LogP contribution in [0.25, 0.3) is 0 Å². The van der Waals surface area contributed by atoms with E-state index in [1.165, 1.54) is 19.2 Å². The van der Waals surface area contributed by atoms with Crippen LogP contribution in [0.1, 0.15) is 28.8 Å². The number of aromatic nitrogens is 2. The lowest BCUT2D eigenvalue weighted by atomic mass is 10.1. The number of benzene rings is 2. The number of ether oxygens (including phenoxy) is 2. The minimum atomic E-state index is -4.11. The third-order valence-corrected chi connectivity index (χ3v) is 5.99. The Labute approximate surface area is 174 Å². The van der Waals surface area contributed by atoms with Crippen molar-refractivity contribution >= 4 is 15.9 Å². The molecular formula is C21H21N3O5S. The van der Waals surface area contributed by atoms with E-state index in [4.69, 9.17) is 9.47 Å². The zero-order valence-electron chi connectivity index (χ0n) is 16.3. The van der Waals surface area contributed by atoms with E-state index in [0.29, 0.717) is 12.3 Å². The Balaban J connectivity index is 1.54. The number of hydrogen-bond donors (Lipinski definition) is 1. The second kappa shape index (κ2) is 8.19. The largest absolute Gasteiger partial charge is 0.496 e. The molecule has 0 spiro atoms. The summed E-state index contributed by atoms with van der Waals surface area (Å²) < 4.78 is 40.5. The highest BCUT2D eigenvalue weighted by molar-refractivity contribution is 7.90. The van der Waals surface area contributed by atoms with Crippen molar-refractivity contribution in [2.24, 2.45) is 0 Å². The second-order valence-corrected chi connectivity index (χ2v) is 8.58. The lowest BCUT2D eigenvalue weighted by Crippen LogP contribution is -2.31. The van der Waals surface area contributed by atoms with Crippen molar-refractivity contribution in [1.82, 2.24) is 14.5 Å². The first kappa shape index (κ1) is 20.0. The zero-order chi connectivity index (χ0) is 21.1. The number of carbonyl (C=O) groups excluding carboxylic acids is 1. The summed E-state index contributed by atoms with van der Waals surface area (Å²) in [5, 5.41) is 4.15. The van der Waals surface area contributed by atoms with Crippen LogP contribution in [-0.2, 0) is 16.6 Å². The number of amides is 1. The number of rotatable bonds is 8. The molecule has 1 aliphatic carbocycles. The third kappa shape index (κ3) is 4.46. The fraction of sp³-hybridized carbons (Fsp3) is 0.238. The molecule has 1 fully saturated rings. The summed E-state index contributed by atoms with van der Waals surface area (Å²) in [7, 11) is -2.61. The number of hydrogen-bond acceptors (Lipinski definition) is 6. The van der Waals surface area contributed by atoms with Gasteiger partial charge in [0.15, 0.2) is 0 Å². The topological polar surface area (TPSA) is 99.5 Å². The van der Waals surface area contributed by atoms with Gasteiger partial charge in [0.05, 0.1) is 19.8 Å². The van der Waals surface area contributed by atoms with Crippen molar-refractivity contribution in [2.45, 2.75) is 30.4 Å². The highest BCUT2D eigenvalue weighted by atomic mass is 32.2. The molecule has 0 atom stereocenters. The Morgan fingerprint density at radius 3 is 2.67 bits per heavy atom. The van der Waals surface area contributed by atoms with Crippen molar-refractivity contribution in [1.29, 1.82) is 0 Å². The van der Waals surface area contributed by atoms with E-state index < -0.39 is 15.9 Å². The quantitative estimate of drug-likeness (QED) is 0.593. The SMILES string of the molecule is COc1cc(C(=O)NS(=O)(=O)c2ccccc2OC2CC2)ccc1Cn1cccn1. The van der Waals surface area contributed by atoms with Crippen LogP contribution < -0.4 is 14.2 Å². The van der Waals surface area contributed by atoms with E-state index in [1.807, 2.05) is 12.3 Å². The normalized spacial score (nSPS) is 13.6. The maximum Gasteiger partial charge on any atom is 0.268 e. The first-order chi connectivity index (χ1) is 14.5. The molecule has 1 aliphatic rings. The summed E-state index contributed by atoms with van der Waals surface area (Å²) >= 11 is 0. The van der Waals surface area contributed by atoms with E-state index in [1.54, 1.807) is 41.2 Å². The molecular weight excluding hydrogens is 406 g/mol. The van der Waals surface area contributed by atoms with Gasteiger partial charge in [-0.3, -0.25) is 9.48 Å². The summed E-state index contributed by atoms with van der Waals surface area (Å²) in [6.45, 7) is 0.461. The number of nitrogens with one attached hydrogen (secondary N) is 1. The molecule has 0 unspecified atom stereocenters. The van der Waals surface area contributed by atoms with E-state index in [9.17, 15) is 13.2 Å². The van der Waals surface area contributed by atoms with Crippen LogP contribution in [0.4, 0.5) is 0 Å². The zero-order valence-corrected chi connectivity index (χ0v) is 17.1. The van der Waals surface area contributed by atoms with E-state index in [-0.39, 0.29) is 22.3 Å². The van der Waals surface area contributed by atoms with Gasteiger partial charge in [0.25, 0.3) is 15.9 Å². The molecule has 156 valence electrons. The molecule has 1 heterocycles. The average molecular weight is 427 g/mol. The lowest BCUT2D eigenvalue weighted by molar-refractivity contribution is 0.0981. The van der Waals surface area contributed by atoms with Crippen LogP contribution >= 0.6 is 0 Å². The molecule has 2 aromatic carbocycles. The average Bonchev–Trinajstić information content (AvgIpc) is 3.40. The van der Waals surface area contributed by atoms with Crippen molar-refractivity contribution in [3.8, 4) is 11.5 Å². The first-order valence-electron chi connectivity index (χ1n) is 9.43. The van der Waals surface area contributed by atoms with E-state index in [0.717, 1.165) is 18.4 Å². The molecule has 1 aromatic heterocycles. The van der Waals surface area contributed by atoms with Crippen LogP contribution in [0.5, 0.6) is 11.5 Å². The van der Waals surface area contributed by atoms with Gasteiger partial charge in [0.2, 0.25) is 0 Å². The molecule has 9 heteroatoms. The molecule has 0 radical (unpaired) electrons. The number of methoxy groups -OCH3 is 1. The minimum Gasteiger partial charge on any atom is -0.496 e. The Morgan fingerprint density at radius 1 is 1.17 bits per heavy atom. The van der Waals surface area contributed by atoms with Gasteiger partial charge in [-0.15, -0.1) is 0 Å². The fourth-order valence-corrected chi connectivity index (χ4v) is 4.07. The molecule has 0 bridgehead atoms. The number of nitrogens with zero attached hydrogens (tertiary/aromatic N) is 2. The number of sulfonamides is 1. The van der Waals surface area contributed by atoms with Gasteiger partial charge in [-0.25, -0.2) is 13.1 Å². The van der Waals surface area contributed by atoms with Crippen molar-refractivity contribution in [3.05, 3.63) is 72.1 Å². The van der Waals surface area contributed by atoms with Gasteiger partial charge in [-0.05, 0) is 43.2 Å². The lowest BCUT2D eigenvalue weighted by Gasteiger charge is -2.13. The van der Waals surface area contributed by atoms with Crippen LogP contribution in [0.2, 0.25) is 0 Å². The summed E-state index contributed by atoms with van der Waals surface area (Å²) in [6.07, 6.45) is 5.30. The van der Waals surface area contributed by atoms with Gasteiger partial charge in [-0.1, -0.05) is 18.2 Å². The Morgan fingerprint density at radius 2 is 1.97 bits per heavy atom. The second-order valence-electron chi connectivity index (χ2n) is 6.93. The van der Waals surface area contributed by atoms with Crippen LogP contribution in [0.15, 0.2) is 65.8 Å². The van der Waals surface area contributed by atoms with Crippen LogP contribution in [-0.4, -0.2) is 37.3 Å². The van der Waals surface area contributed by atoms with Crippen molar-refractivity contribution < 1.29 is 22.7 Å². The molecule has 8 nitrogen and oxygen atoms in total. The summed E-state index contributed by atoms with van der Waals surface area (Å²) in [5.41, 5.74) is 0.976. The molecule has 0 aliphatic heterocycles. The first-order valence-corrected chi connectivity index (χ1v) is 10.9. The van der Waals surface area contributed by atoms with Crippen LogP contribution in [0.3, 0.4) is 0 Å². The van der Waals surface area contributed by atoms with Crippen molar-refractivity contribution in [3.63, 3.8) is 0 Å². The molecule has 1 N–H and O–H groups in total. The summed E-state index contributed by atoms with van der Waals surface area (Å²) in [4.78, 5) is 12.6. The van der Waals surface area contributed by atoms with Gasteiger partial charge in [0, 0.05) is 23.5 Å². The van der Waals surface area contributed by atoms with Gasteiger partial charge < -0.3 is 9.47 Å². The van der Waals surface area contributed by atoms with Crippen molar-refractivity contribution in [2.75, 3.05) is 7.11 Å². The van der Waals surface area contributed by atoms with Gasteiger partial charge >= 0.3 is 0 Å². The van der Waals surface area contributed by atoms with Gasteiger partial charge in [0.1, 0.15) is 16.4 Å². The Kier molecular flexibility index (Phi) is 5.45. The predicted octanol–water partition coefficient (Wildman–Crippen LogP) is 2.60. The molecule has 4 rings (SSSR count). The third-order valence-electron chi connectivity index (χ3n) is 4.62. The highest BCUT2D eigenvalue weighted by Gasteiger charge is 2.28. The number of para-hydroxylation sites is 1. The monoisotopic (exact) mass is 427 g/mol. The molecule has 1 saturated carbocycles. The smallest absolute Gasteiger partial charge is 0.268 e. The maximum atomic E-state index is 12.8. The molecule has 0 saturated heterocycles. The predicted molar refractivity (Wildman–Crippen MR) is 109 cm³/mol. The maximum absolute atomic E-state index is 12.8. The van der Waals surface area contributed by atoms with E-state index in [2.05, 4.69) is 9.82 Å². The Bertz CT molecular complexity index is 1160. The minimum absolute atomic E-state index is 0.0312.